The van der Waals surface area contributed by atoms with Gasteiger partial charge in [-0.1, -0.05) is 105 Å². The number of hydrogen-bond acceptors (Lipinski definition) is 3. The van der Waals surface area contributed by atoms with Gasteiger partial charge in [0, 0.05) is 47.7 Å². The van der Waals surface area contributed by atoms with Gasteiger partial charge in [0.2, 0.25) is 0 Å². The average molecular weight is 547 g/mol. The highest BCUT2D eigenvalue weighted by atomic mass is 16.3. The molecule has 1 fully saturated rings. The van der Waals surface area contributed by atoms with Crippen molar-refractivity contribution in [3.63, 3.8) is 0 Å². The van der Waals surface area contributed by atoms with Crippen LogP contribution in [0.4, 0.5) is 0 Å². The number of carbonyl (C=O) groups is 1. The number of aliphatic hydroxyl groups excluding tert-OH is 1. The minimum Gasteiger partial charge on any atom is -0.396 e. The van der Waals surface area contributed by atoms with Gasteiger partial charge in [-0.3, -0.25) is 9.20 Å². The molecule has 0 spiro atoms. The molecule has 1 saturated carbocycles. The molecule has 1 N–H and O–H groups in total. The maximum absolute atomic E-state index is 12.4. The largest absolute Gasteiger partial charge is 0.396 e. The highest BCUT2D eigenvalue weighted by molar-refractivity contribution is 5.91. The molecule has 41 heavy (non-hydrogen) atoms. The Morgan fingerprint density at radius 2 is 1.61 bits per heavy atom. The van der Waals surface area contributed by atoms with Crippen LogP contribution in [0, 0.1) is 12.8 Å². The second-order valence-electron chi connectivity index (χ2n) is 11.7. The van der Waals surface area contributed by atoms with Crippen LogP contribution in [-0.4, -0.2) is 26.9 Å². The van der Waals surface area contributed by atoms with Crippen LogP contribution in [-0.2, 0) is 11.2 Å². The van der Waals surface area contributed by atoms with Crippen LogP contribution < -0.4 is 0 Å². The van der Waals surface area contributed by atoms with E-state index in [0.29, 0.717) is 11.7 Å². The number of fused-ring (bicyclic) bond motifs is 3. The molecule has 2 aromatic heterocycles. The van der Waals surface area contributed by atoms with Crippen LogP contribution in [0.2, 0.25) is 0 Å². The van der Waals surface area contributed by atoms with Crippen molar-refractivity contribution < 1.29 is 9.90 Å². The normalized spacial score (nSPS) is 15.0. The molecule has 0 saturated heterocycles. The fourth-order valence-electron chi connectivity index (χ4n) is 6.33. The summed E-state index contributed by atoms with van der Waals surface area (Å²) in [6.07, 6.45) is 8.94. The van der Waals surface area contributed by atoms with Gasteiger partial charge >= 0.3 is 0 Å². The third-order valence-corrected chi connectivity index (χ3v) is 8.76. The lowest BCUT2D eigenvalue weighted by Crippen LogP contribution is -2.13. The van der Waals surface area contributed by atoms with Crippen molar-refractivity contribution in [3.05, 3.63) is 119 Å². The highest BCUT2D eigenvalue weighted by Crippen LogP contribution is 2.35. The Balaban J connectivity index is 0.000000287. The molecule has 4 heteroatoms. The number of carbonyl (C=O) groups excluding carboxylic acids is 1. The number of nitrogens with zero attached hydrogens (tertiary/aromatic N) is 2. The molecular weight excluding hydrogens is 504 g/mol. The molecule has 1 aliphatic carbocycles. The molecule has 4 nitrogen and oxygen atoms in total. The van der Waals surface area contributed by atoms with Crippen LogP contribution in [0.3, 0.4) is 0 Å². The fourth-order valence-corrected chi connectivity index (χ4v) is 6.33. The molecule has 2 heterocycles. The van der Waals surface area contributed by atoms with E-state index in [2.05, 4.69) is 65.9 Å². The molecule has 212 valence electrons. The molecule has 1 unspecified atom stereocenters. The highest BCUT2D eigenvalue weighted by Gasteiger charge is 2.24. The van der Waals surface area contributed by atoms with E-state index in [9.17, 15) is 4.79 Å². The summed E-state index contributed by atoms with van der Waals surface area (Å²) < 4.78 is 2.26. The lowest BCUT2D eigenvalue weighted by Gasteiger charge is -2.19. The molecule has 0 amide bonds. The van der Waals surface area contributed by atoms with Gasteiger partial charge in [-0.2, -0.15) is 0 Å². The zero-order chi connectivity index (χ0) is 28.8. The van der Waals surface area contributed by atoms with Crippen LogP contribution in [0.5, 0.6) is 0 Å². The van der Waals surface area contributed by atoms with E-state index in [1.54, 1.807) is 6.92 Å². The number of Topliss-reactive ketones (excluding diaryl/α,β-unsaturated/α-hetero) is 1. The molecule has 0 radical (unpaired) electrons. The Hall–Kier alpha value is -3.76. The van der Waals surface area contributed by atoms with Gasteiger partial charge in [-0.05, 0) is 55.0 Å². The number of ketones is 1. The Kier molecular flexibility index (Phi) is 9.31. The second-order valence-corrected chi connectivity index (χ2v) is 11.7. The number of aromatic nitrogens is 2. The van der Waals surface area contributed by atoms with Crippen molar-refractivity contribution in [1.29, 1.82) is 0 Å². The van der Waals surface area contributed by atoms with E-state index in [0.717, 1.165) is 18.5 Å². The maximum atomic E-state index is 12.4. The van der Waals surface area contributed by atoms with Crippen molar-refractivity contribution in [2.24, 2.45) is 5.92 Å². The molecule has 0 bridgehead atoms. The third kappa shape index (κ3) is 6.60. The monoisotopic (exact) mass is 546 g/mol. The summed E-state index contributed by atoms with van der Waals surface area (Å²) in [6, 6.07) is 29.4. The Morgan fingerprint density at radius 3 is 2.29 bits per heavy atom. The lowest BCUT2D eigenvalue weighted by atomic mass is 9.85. The Morgan fingerprint density at radius 1 is 0.927 bits per heavy atom. The number of benzene rings is 3. The minimum absolute atomic E-state index is 0.0395. The zero-order valence-electron chi connectivity index (χ0n) is 24.6. The molecular formula is C37H42N2O2. The number of aryl methyl sites for hydroxylation is 1. The topological polar surface area (TPSA) is 54.6 Å². The maximum Gasteiger partial charge on any atom is 0.141 e. The zero-order valence-corrected chi connectivity index (χ0v) is 24.6. The van der Waals surface area contributed by atoms with E-state index in [1.807, 2.05) is 43.5 Å². The third-order valence-electron chi connectivity index (χ3n) is 8.76. The molecule has 5 aromatic rings. The summed E-state index contributed by atoms with van der Waals surface area (Å²) in [5, 5.41) is 10.0. The van der Waals surface area contributed by atoms with Gasteiger partial charge < -0.3 is 5.11 Å². The SMILES string of the molecule is CC(=O)C(CC1CCCC1)c1ccc(Cc2c3ccccc3n3c(C)ccnc23)cc1.C[C@@H](CO)c1ccccc1. The molecule has 1 aliphatic rings. The minimum atomic E-state index is 0.0395. The van der Waals surface area contributed by atoms with E-state index in [1.165, 1.54) is 64.5 Å². The number of para-hydroxylation sites is 1. The van der Waals surface area contributed by atoms with Crippen molar-refractivity contribution in [2.45, 2.75) is 71.1 Å². The lowest BCUT2D eigenvalue weighted by molar-refractivity contribution is -0.118. The first-order chi connectivity index (χ1) is 20.0. The summed E-state index contributed by atoms with van der Waals surface area (Å²) in [5.74, 6) is 1.31. The quantitative estimate of drug-likeness (QED) is 0.212. The van der Waals surface area contributed by atoms with Gasteiger partial charge in [0.15, 0.2) is 0 Å². The first kappa shape index (κ1) is 28.8. The van der Waals surface area contributed by atoms with Crippen molar-refractivity contribution >= 4 is 22.3 Å². The van der Waals surface area contributed by atoms with E-state index in [-0.39, 0.29) is 18.4 Å². The molecule has 2 atom stereocenters. The van der Waals surface area contributed by atoms with Gasteiger partial charge in [-0.25, -0.2) is 4.98 Å². The number of hydrogen-bond donors (Lipinski definition) is 1. The first-order valence-electron chi connectivity index (χ1n) is 15.0. The standard InChI is InChI=1S/C28H30N2O.C9H12O/c1-19-15-16-29-28-26(24-9-5-6-10-27(24)30(19)28)18-22-11-13-23(14-12-22)25(20(2)31)17-21-7-3-4-8-21;1-8(7-10)9-5-3-2-4-6-9/h5-6,9-16,21,25H,3-4,7-8,17-18H2,1-2H3;2-6,8,10H,7H2,1H3/t;8-/m.0/s1. The predicted molar refractivity (Wildman–Crippen MR) is 169 cm³/mol. The Bertz CT molecular complexity index is 1580. The fraction of sp³-hybridized carbons (Fsp3) is 0.351. The second kappa shape index (κ2) is 13.3. The van der Waals surface area contributed by atoms with Crippen molar-refractivity contribution in [3.8, 4) is 0 Å². The smallest absolute Gasteiger partial charge is 0.141 e. The van der Waals surface area contributed by atoms with Crippen LogP contribution in [0.25, 0.3) is 16.6 Å². The average Bonchev–Trinajstić information content (AvgIpc) is 3.64. The molecule has 6 rings (SSSR count). The summed E-state index contributed by atoms with van der Waals surface area (Å²) in [7, 11) is 0. The summed E-state index contributed by atoms with van der Waals surface area (Å²) >= 11 is 0. The summed E-state index contributed by atoms with van der Waals surface area (Å²) in [5.41, 5.74) is 8.33. The Labute approximate surface area is 244 Å². The first-order valence-corrected chi connectivity index (χ1v) is 15.0. The van der Waals surface area contributed by atoms with Gasteiger partial charge in [0.25, 0.3) is 0 Å². The molecule has 3 aromatic carbocycles. The van der Waals surface area contributed by atoms with E-state index in [4.69, 9.17) is 10.1 Å². The predicted octanol–water partition coefficient (Wildman–Crippen LogP) is 8.42. The van der Waals surface area contributed by atoms with E-state index < -0.39 is 0 Å². The van der Waals surface area contributed by atoms with Crippen molar-refractivity contribution in [2.75, 3.05) is 6.61 Å². The number of aliphatic hydroxyl groups is 1. The van der Waals surface area contributed by atoms with E-state index >= 15 is 0 Å². The van der Waals surface area contributed by atoms with Gasteiger partial charge in [0.05, 0.1) is 5.52 Å². The summed E-state index contributed by atoms with van der Waals surface area (Å²) in [6.45, 7) is 6.12. The van der Waals surface area contributed by atoms with Gasteiger partial charge in [-0.15, -0.1) is 0 Å². The van der Waals surface area contributed by atoms with Crippen LogP contribution >= 0.6 is 0 Å². The molecule has 0 aliphatic heterocycles. The van der Waals surface area contributed by atoms with Gasteiger partial charge in [0.1, 0.15) is 11.4 Å². The van der Waals surface area contributed by atoms with Crippen molar-refractivity contribution in [1.82, 2.24) is 9.38 Å². The number of rotatable bonds is 8. The van der Waals surface area contributed by atoms with Crippen LogP contribution in [0.1, 0.15) is 85.7 Å². The van der Waals surface area contributed by atoms with Crippen LogP contribution in [0.15, 0.2) is 91.1 Å². The summed E-state index contributed by atoms with van der Waals surface area (Å²) in [4.78, 5) is 17.1.